The number of aliphatic carboxylic acids is 1. The Bertz CT molecular complexity index is 1500. The molecule has 2 aromatic carbocycles. The van der Waals surface area contributed by atoms with Crippen LogP contribution in [0.2, 0.25) is 5.02 Å². The van der Waals surface area contributed by atoms with Crippen LogP contribution < -0.4 is 14.8 Å². The van der Waals surface area contributed by atoms with Gasteiger partial charge < -0.3 is 24.5 Å². The molecule has 0 saturated carbocycles. The molecule has 0 radical (unpaired) electrons. The number of nitrogens with zero attached hydrogens (tertiary/aromatic N) is 3. The number of piperidine rings is 1. The fourth-order valence-electron chi connectivity index (χ4n) is 5.66. The number of likely N-dealkylation sites (tertiary alicyclic amines) is 1. The lowest BCUT2D eigenvalue weighted by molar-refractivity contribution is -0.131. The second-order valence-electron chi connectivity index (χ2n) is 10.7. The molecule has 2 aliphatic heterocycles. The molecule has 2 N–H and O–H groups in total. The van der Waals surface area contributed by atoms with Crippen molar-refractivity contribution < 1.29 is 28.6 Å². The van der Waals surface area contributed by atoms with Crippen molar-refractivity contribution in [2.45, 2.75) is 57.4 Å². The third-order valence-electron chi connectivity index (χ3n) is 7.85. The summed E-state index contributed by atoms with van der Waals surface area (Å²) in [6.45, 7) is 4.52. The number of rotatable bonds is 10. The first-order valence-corrected chi connectivity index (χ1v) is 14.4. The molecule has 9 nitrogen and oxygen atoms in total. The van der Waals surface area contributed by atoms with E-state index in [1.165, 1.54) is 12.1 Å². The van der Waals surface area contributed by atoms with Crippen molar-refractivity contribution >= 4 is 29.6 Å². The number of hydrogen-bond donors (Lipinski definition) is 2. The van der Waals surface area contributed by atoms with Crippen molar-refractivity contribution in [1.82, 2.24) is 19.8 Å². The number of fused-ring (bicyclic) bond motifs is 1. The summed E-state index contributed by atoms with van der Waals surface area (Å²) in [7, 11) is 1.61. The largest absolute Gasteiger partial charge is 0.478 e. The monoisotopic (exact) mass is 596 g/mol. The second-order valence-corrected chi connectivity index (χ2v) is 11.1. The van der Waals surface area contributed by atoms with Crippen molar-refractivity contribution in [3.05, 3.63) is 82.2 Å². The van der Waals surface area contributed by atoms with Crippen LogP contribution in [0.1, 0.15) is 61.2 Å². The molecular weight excluding hydrogens is 563 g/mol. The van der Waals surface area contributed by atoms with Crippen LogP contribution in [-0.2, 0) is 28.5 Å². The highest BCUT2D eigenvalue weighted by Crippen LogP contribution is 2.49. The summed E-state index contributed by atoms with van der Waals surface area (Å²) in [5.74, 6) is -0.552. The Morgan fingerprint density at radius 1 is 1.24 bits per heavy atom. The standard InChI is InChI=1S/C31H34ClFN4O5/c1-31(24-10-8-21(32)17-25(24)33)41-26-6-3-5-23(30(26)42-31)20-12-15-36(16-13-20)19-27-35-18-22(9-11-29(39)40)37(27)14-4-7-28(38)34-2/h3,5-6,8-11,17-18,20H,4,7,12-16,19H2,1-2H3,(H,34,38)(H,39,40)/b11-9+. The van der Waals surface area contributed by atoms with E-state index in [2.05, 4.69) is 15.2 Å². The van der Waals surface area contributed by atoms with Crippen molar-refractivity contribution in [2.75, 3.05) is 20.1 Å². The molecular formula is C31H34ClFN4O5. The number of ether oxygens (including phenoxy) is 2. The smallest absolute Gasteiger partial charge is 0.328 e. The Labute approximate surface area is 248 Å². The number of benzene rings is 2. The van der Waals surface area contributed by atoms with E-state index in [0.29, 0.717) is 48.1 Å². The number of amides is 1. The van der Waals surface area contributed by atoms with Crippen molar-refractivity contribution in [3.63, 3.8) is 0 Å². The molecule has 1 saturated heterocycles. The first-order chi connectivity index (χ1) is 20.2. The molecule has 0 bridgehead atoms. The highest BCUT2D eigenvalue weighted by atomic mass is 35.5. The summed E-state index contributed by atoms with van der Waals surface area (Å²) in [4.78, 5) is 29.7. The maximum Gasteiger partial charge on any atom is 0.328 e. The molecule has 222 valence electrons. The van der Waals surface area contributed by atoms with Gasteiger partial charge in [-0.2, -0.15) is 0 Å². The maximum atomic E-state index is 14.8. The molecule has 11 heteroatoms. The Morgan fingerprint density at radius 2 is 2.02 bits per heavy atom. The SMILES string of the molecule is CNC(=O)CCCn1c(/C=C/C(=O)O)cnc1CN1CCC(c2cccc3c2OC(C)(c2ccc(Cl)cc2F)O3)CC1. The Hall–Kier alpha value is -3.89. The van der Waals surface area contributed by atoms with Crippen LogP contribution in [0.5, 0.6) is 11.5 Å². The van der Waals surface area contributed by atoms with Crippen LogP contribution in [0.25, 0.3) is 6.08 Å². The number of carboxylic acid groups (broad SMARTS) is 1. The van der Waals surface area contributed by atoms with Gasteiger partial charge in [0.05, 0.1) is 24.0 Å². The van der Waals surface area contributed by atoms with Crippen LogP contribution in [-0.4, -0.2) is 51.6 Å². The summed E-state index contributed by atoms with van der Waals surface area (Å²) in [6.07, 6.45) is 7.05. The first-order valence-electron chi connectivity index (χ1n) is 14.0. The minimum Gasteiger partial charge on any atom is -0.478 e. The van der Waals surface area contributed by atoms with Gasteiger partial charge >= 0.3 is 5.97 Å². The zero-order valence-electron chi connectivity index (χ0n) is 23.6. The summed E-state index contributed by atoms with van der Waals surface area (Å²) < 4.78 is 29.2. The minimum absolute atomic E-state index is 0.0400. The molecule has 1 atom stereocenters. The number of para-hydroxylation sites is 1. The Morgan fingerprint density at radius 3 is 2.74 bits per heavy atom. The van der Waals surface area contributed by atoms with Gasteiger partial charge in [-0.25, -0.2) is 14.2 Å². The summed E-state index contributed by atoms with van der Waals surface area (Å²) in [5, 5.41) is 12.0. The molecule has 1 unspecified atom stereocenters. The molecule has 1 amide bonds. The molecule has 0 aliphatic carbocycles. The lowest BCUT2D eigenvalue weighted by atomic mass is 9.88. The van der Waals surface area contributed by atoms with Gasteiger partial charge in [-0.05, 0) is 68.6 Å². The molecule has 3 aromatic rings. The zero-order chi connectivity index (χ0) is 29.9. The highest BCUT2D eigenvalue weighted by Gasteiger charge is 2.43. The average molecular weight is 597 g/mol. The normalized spacial score (nSPS) is 19.0. The summed E-state index contributed by atoms with van der Waals surface area (Å²) in [5.41, 5.74) is 2.02. The van der Waals surface area contributed by atoms with E-state index in [1.54, 1.807) is 32.3 Å². The van der Waals surface area contributed by atoms with Crippen molar-refractivity contribution in [1.29, 1.82) is 0 Å². The summed E-state index contributed by atoms with van der Waals surface area (Å²) >= 11 is 5.95. The van der Waals surface area contributed by atoms with E-state index in [0.717, 1.165) is 43.4 Å². The fourth-order valence-corrected chi connectivity index (χ4v) is 5.82. The van der Waals surface area contributed by atoms with Crippen LogP contribution in [0.3, 0.4) is 0 Å². The number of hydrogen-bond acceptors (Lipinski definition) is 6. The van der Waals surface area contributed by atoms with Gasteiger partial charge in [-0.15, -0.1) is 0 Å². The van der Waals surface area contributed by atoms with Gasteiger partial charge in [0.1, 0.15) is 11.6 Å². The van der Waals surface area contributed by atoms with E-state index in [9.17, 15) is 14.0 Å². The van der Waals surface area contributed by atoms with Gasteiger partial charge in [0, 0.05) is 43.6 Å². The van der Waals surface area contributed by atoms with Gasteiger partial charge in [0.15, 0.2) is 11.5 Å². The van der Waals surface area contributed by atoms with Crippen LogP contribution >= 0.6 is 11.6 Å². The zero-order valence-corrected chi connectivity index (χ0v) is 24.4. The van der Waals surface area contributed by atoms with Gasteiger partial charge in [0.25, 0.3) is 5.79 Å². The van der Waals surface area contributed by atoms with Crippen molar-refractivity contribution in [3.8, 4) is 11.5 Å². The Kier molecular flexibility index (Phi) is 8.84. The number of imidazole rings is 1. The van der Waals surface area contributed by atoms with Crippen LogP contribution in [0, 0.1) is 5.82 Å². The quantitative estimate of drug-likeness (QED) is 0.305. The van der Waals surface area contributed by atoms with E-state index >= 15 is 0 Å². The topological polar surface area (TPSA) is 106 Å². The first kappa shape index (κ1) is 29.6. The fraction of sp³-hybridized carbons (Fsp3) is 0.387. The second kappa shape index (κ2) is 12.5. The Balaban J connectivity index is 1.26. The van der Waals surface area contributed by atoms with Crippen molar-refractivity contribution in [2.24, 2.45) is 0 Å². The molecule has 2 aliphatic rings. The highest BCUT2D eigenvalue weighted by molar-refractivity contribution is 6.30. The number of carbonyl (C=O) groups is 2. The maximum absolute atomic E-state index is 14.8. The summed E-state index contributed by atoms with van der Waals surface area (Å²) in [6, 6.07) is 10.3. The molecule has 5 rings (SSSR count). The molecule has 0 spiro atoms. The van der Waals surface area contributed by atoms with Crippen LogP contribution in [0.4, 0.5) is 4.39 Å². The van der Waals surface area contributed by atoms with E-state index in [4.69, 9.17) is 26.2 Å². The number of halogens is 2. The van der Waals surface area contributed by atoms with E-state index in [-0.39, 0.29) is 17.4 Å². The minimum atomic E-state index is -1.30. The van der Waals surface area contributed by atoms with Gasteiger partial charge in [-0.3, -0.25) is 9.69 Å². The molecule has 42 heavy (non-hydrogen) atoms. The predicted molar refractivity (Wildman–Crippen MR) is 156 cm³/mol. The average Bonchev–Trinajstić information content (AvgIpc) is 3.51. The molecule has 1 aromatic heterocycles. The molecule has 3 heterocycles. The van der Waals surface area contributed by atoms with Crippen LogP contribution in [0.15, 0.2) is 48.7 Å². The van der Waals surface area contributed by atoms with Gasteiger partial charge in [-0.1, -0.05) is 23.7 Å². The van der Waals surface area contributed by atoms with Gasteiger partial charge in [0.2, 0.25) is 5.91 Å². The lowest BCUT2D eigenvalue weighted by Gasteiger charge is -2.32. The van der Waals surface area contributed by atoms with E-state index in [1.807, 2.05) is 22.8 Å². The number of aromatic nitrogens is 2. The van der Waals surface area contributed by atoms with E-state index < -0.39 is 17.6 Å². The lowest BCUT2D eigenvalue weighted by Crippen LogP contribution is -2.34. The number of carboxylic acids is 1. The molecule has 1 fully saturated rings. The third kappa shape index (κ3) is 6.44. The number of carbonyl (C=O) groups excluding carboxylic acids is 1. The third-order valence-corrected chi connectivity index (χ3v) is 8.09. The number of nitrogens with one attached hydrogen (secondary N) is 1. The predicted octanol–water partition coefficient (Wildman–Crippen LogP) is 5.32.